The molecule has 4 aromatic carbocycles. The highest BCUT2D eigenvalue weighted by Crippen LogP contribution is 2.63. The second-order valence-corrected chi connectivity index (χ2v) is 15.8. The quantitative estimate of drug-likeness (QED) is 0.186. The van der Waals surface area contributed by atoms with E-state index in [1.165, 1.54) is 55.7 Å². The average molecular weight is 566 g/mol. The van der Waals surface area contributed by atoms with Crippen molar-refractivity contribution in [3.63, 3.8) is 0 Å². The minimum Gasteiger partial charge on any atom is -0.343 e. The maximum Gasteiger partial charge on any atom is 0.172 e. The fourth-order valence-corrected chi connectivity index (χ4v) is 8.70. The highest BCUT2D eigenvalue weighted by Gasteiger charge is 2.58. The summed E-state index contributed by atoms with van der Waals surface area (Å²) in [5, 5.41) is 0. The number of benzene rings is 4. The summed E-state index contributed by atoms with van der Waals surface area (Å²) >= 11 is 0. The van der Waals surface area contributed by atoms with Crippen LogP contribution in [0.25, 0.3) is 33.5 Å². The summed E-state index contributed by atoms with van der Waals surface area (Å²) in [6, 6.07) is 30.0. The van der Waals surface area contributed by atoms with E-state index in [0.29, 0.717) is 0 Å². The second kappa shape index (κ2) is 7.80. The van der Waals surface area contributed by atoms with Crippen molar-refractivity contribution >= 4 is 16.7 Å². The Labute approximate surface area is 256 Å². The first-order valence-corrected chi connectivity index (χ1v) is 15.8. The van der Waals surface area contributed by atoms with Crippen LogP contribution >= 0.6 is 0 Å². The number of nitrogens with zero attached hydrogens (tertiary/aromatic N) is 3. The lowest BCUT2D eigenvalue weighted by atomic mass is 9.59. The Balaban J connectivity index is 1.56. The van der Waals surface area contributed by atoms with Crippen LogP contribution in [-0.2, 0) is 21.9 Å². The van der Waals surface area contributed by atoms with E-state index in [9.17, 15) is 0 Å². The maximum absolute atomic E-state index is 5.56. The molecule has 1 aromatic heterocycles. The molecule has 0 bridgehead atoms. The third kappa shape index (κ3) is 2.90. The molecule has 3 aliphatic rings. The molecule has 0 fully saturated rings. The SMILES string of the molecule is CN1c2cc(C(C)(C)C)ccc2-c2nc3cc4c(cc3n2C12c1ccccc1-c1ccccc12)C(C)(C)C(C)(C)C4(C)C. The van der Waals surface area contributed by atoms with Gasteiger partial charge in [-0.3, -0.25) is 4.57 Å². The van der Waals surface area contributed by atoms with Crippen molar-refractivity contribution in [3.05, 3.63) is 107 Å². The van der Waals surface area contributed by atoms with Crippen LogP contribution in [0.15, 0.2) is 78.9 Å². The molecule has 0 radical (unpaired) electrons. The van der Waals surface area contributed by atoms with Crippen LogP contribution in [0, 0.1) is 5.41 Å². The predicted molar refractivity (Wildman–Crippen MR) is 180 cm³/mol. The number of aromatic nitrogens is 2. The van der Waals surface area contributed by atoms with Gasteiger partial charge in [-0.05, 0) is 73.7 Å². The zero-order valence-electron chi connectivity index (χ0n) is 27.3. The minimum absolute atomic E-state index is 0.00345. The van der Waals surface area contributed by atoms with Gasteiger partial charge in [-0.15, -0.1) is 0 Å². The van der Waals surface area contributed by atoms with Crippen LogP contribution < -0.4 is 4.90 Å². The van der Waals surface area contributed by atoms with E-state index in [1.807, 2.05) is 0 Å². The van der Waals surface area contributed by atoms with Crippen LogP contribution in [0.1, 0.15) is 90.1 Å². The molecule has 2 heterocycles. The molecule has 43 heavy (non-hydrogen) atoms. The lowest BCUT2D eigenvalue weighted by Crippen LogP contribution is -2.52. The predicted octanol–water partition coefficient (Wildman–Crippen LogP) is 9.78. The molecular formula is C40H43N3. The number of fused-ring (bicyclic) bond motifs is 12. The van der Waals surface area contributed by atoms with Crippen molar-refractivity contribution < 1.29 is 0 Å². The van der Waals surface area contributed by atoms with Gasteiger partial charge in [0.1, 0.15) is 5.82 Å². The van der Waals surface area contributed by atoms with Gasteiger partial charge in [0.25, 0.3) is 0 Å². The normalized spacial score (nSPS) is 19.6. The van der Waals surface area contributed by atoms with Crippen molar-refractivity contribution in [1.82, 2.24) is 9.55 Å². The first kappa shape index (κ1) is 26.8. The zero-order valence-corrected chi connectivity index (χ0v) is 27.3. The van der Waals surface area contributed by atoms with Gasteiger partial charge >= 0.3 is 0 Å². The topological polar surface area (TPSA) is 21.1 Å². The Morgan fingerprint density at radius 2 is 1.19 bits per heavy atom. The standard InChI is InChI=1S/C40H43N3/c1-36(2,3)24-19-20-27-33(21-24)42(10)40(28-17-13-11-15-25(28)26-16-12-14-18-29(26)40)43-34-23-31-30(22-32(34)41-35(27)43)37(4,5)39(8,9)38(31,6)7/h11-23H,1-10H3. The second-order valence-electron chi connectivity index (χ2n) is 15.8. The van der Waals surface area contributed by atoms with Crippen molar-refractivity contribution in [2.45, 2.75) is 84.2 Å². The van der Waals surface area contributed by atoms with Crippen molar-refractivity contribution in [3.8, 4) is 22.5 Å². The Bertz CT molecular complexity index is 1960. The maximum atomic E-state index is 5.56. The highest BCUT2D eigenvalue weighted by molar-refractivity contribution is 5.94. The minimum atomic E-state index is -0.567. The summed E-state index contributed by atoms with van der Waals surface area (Å²) in [4.78, 5) is 8.10. The smallest absolute Gasteiger partial charge is 0.172 e. The monoisotopic (exact) mass is 565 g/mol. The molecule has 1 spiro atoms. The summed E-state index contributed by atoms with van der Waals surface area (Å²) < 4.78 is 2.58. The number of hydrogen-bond acceptors (Lipinski definition) is 2. The van der Waals surface area contributed by atoms with Crippen molar-refractivity contribution in [1.29, 1.82) is 0 Å². The lowest BCUT2D eigenvalue weighted by molar-refractivity contribution is 0.125. The zero-order chi connectivity index (χ0) is 30.5. The number of anilines is 1. The molecular weight excluding hydrogens is 522 g/mol. The first-order valence-electron chi connectivity index (χ1n) is 15.8. The van der Waals surface area contributed by atoms with Gasteiger partial charge in [-0.1, -0.05) is 117 Å². The van der Waals surface area contributed by atoms with Gasteiger partial charge in [0.2, 0.25) is 0 Å². The molecule has 0 unspecified atom stereocenters. The van der Waals surface area contributed by atoms with Crippen LogP contribution in [0.5, 0.6) is 0 Å². The van der Waals surface area contributed by atoms with Crippen LogP contribution in [-0.4, -0.2) is 16.6 Å². The average Bonchev–Trinajstić information content (AvgIpc) is 3.51. The number of imidazole rings is 1. The summed E-state index contributed by atoms with van der Waals surface area (Å²) in [6.45, 7) is 21.5. The van der Waals surface area contributed by atoms with Gasteiger partial charge in [0.15, 0.2) is 5.66 Å². The largest absolute Gasteiger partial charge is 0.343 e. The first-order chi connectivity index (χ1) is 20.1. The Hall–Kier alpha value is -3.85. The molecule has 218 valence electrons. The highest BCUT2D eigenvalue weighted by atomic mass is 15.4. The third-order valence-electron chi connectivity index (χ3n) is 12.4. The Kier molecular flexibility index (Phi) is 4.85. The summed E-state index contributed by atoms with van der Waals surface area (Å²) in [7, 11) is 2.29. The van der Waals surface area contributed by atoms with Gasteiger partial charge in [0.05, 0.1) is 16.7 Å². The number of rotatable bonds is 0. The van der Waals surface area contributed by atoms with E-state index in [1.54, 1.807) is 0 Å². The molecule has 0 saturated heterocycles. The lowest BCUT2D eigenvalue weighted by Gasteiger charge is -2.48. The molecule has 0 saturated carbocycles. The summed E-state index contributed by atoms with van der Waals surface area (Å²) in [5.74, 6) is 1.05. The van der Waals surface area contributed by atoms with E-state index in [-0.39, 0.29) is 21.7 Å². The Morgan fingerprint density at radius 1 is 0.628 bits per heavy atom. The van der Waals surface area contributed by atoms with E-state index in [4.69, 9.17) is 4.98 Å². The molecule has 5 aromatic rings. The fourth-order valence-electron chi connectivity index (χ4n) is 8.70. The van der Waals surface area contributed by atoms with Crippen molar-refractivity contribution in [2.75, 3.05) is 11.9 Å². The van der Waals surface area contributed by atoms with Gasteiger partial charge < -0.3 is 4.90 Å². The van der Waals surface area contributed by atoms with Gasteiger partial charge in [-0.25, -0.2) is 4.98 Å². The molecule has 0 atom stereocenters. The van der Waals surface area contributed by atoms with Crippen LogP contribution in [0.3, 0.4) is 0 Å². The molecule has 1 aliphatic heterocycles. The molecule has 3 heteroatoms. The van der Waals surface area contributed by atoms with Crippen LogP contribution in [0.2, 0.25) is 0 Å². The van der Waals surface area contributed by atoms with Gasteiger partial charge in [0, 0.05) is 23.7 Å². The van der Waals surface area contributed by atoms with Gasteiger partial charge in [-0.2, -0.15) is 0 Å². The molecule has 3 nitrogen and oxygen atoms in total. The van der Waals surface area contributed by atoms with E-state index >= 15 is 0 Å². The fraction of sp³-hybridized carbons (Fsp3) is 0.375. The molecule has 8 rings (SSSR count). The van der Waals surface area contributed by atoms with E-state index < -0.39 is 5.66 Å². The van der Waals surface area contributed by atoms with Crippen molar-refractivity contribution in [2.24, 2.45) is 5.41 Å². The van der Waals surface area contributed by atoms with E-state index in [2.05, 4.69) is 158 Å². The molecule has 0 amide bonds. The summed E-state index contributed by atoms with van der Waals surface area (Å²) in [6.07, 6.45) is 0. The number of hydrogen-bond donors (Lipinski definition) is 0. The third-order valence-corrected chi connectivity index (χ3v) is 12.4. The molecule has 2 aliphatic carbocycles. The van der Waals surface area contributed by atoms with Crippen LogP contribution in [0.4, 0.5) is 5.69 Å². The van der Waals surface area contributed by atoms with E-state index in [0.717, 1.165) is 11.3 Å². The summed E-state index contributed by atoms with van der Waals surface area (Å²) in [5.41, 5.74) is 13.7. The molecule has 0 N–H and O–H groups in total. The Morgan fingerprint density at radius 3 is 1.77 bits per heavy atom.